The number of rotatable bonds is 15. The number of nitrogens with zero attached hydrogens (tertiary/aromatic N) is 2. The van der Waals surface area contributed by atoms with Gasteiger partial charge in [-0.2, -0.15) is 0 Å². The zero-order valence-corrected chi connectivity index (χ0v) is 27.4. The predicted molar refractivity (Wildman–Crippen MR) is 171 cm³/mol. The number of anilines is 1. The van der Waals surface area contributed by atoms with E-state index >= 15 is 0 Å². The number of sulfonamides is 1. The van der Waals surface area contributed by atoms with Crippen molar-refractivity contribution in [2.24, 2.45) is 5.92 Å². The largest absolute Gasteiger partial charge is 0.497 e. The monoisotopic (exact) mass is 645 g/mol. The maximum atomic E-state index is 14.2. The highest BCUT2D eigenvalue weighted by molar-refractivity contribution is 7.92. The van der Waals surface area contributed by atoms with Crippen molar-refractivity contribution in [3.8, 4) is 17.2 Å². The van der Waals surface area contributed by atoms with Gasteiger partial charge in [-0.3, -0.25) is 13.9 Å². The predicted octanol–water partition coefficient (Wildman–Crippen LogP) is 5.14. The lowest BCUT2D eigenvalue weighted by molar-refractivity contribution is -0.140. The van der Waals surface area contributed by atoms with Crippen molar-refractivity contribution in [3.05, 3.63) is 77.3 Å². The van der Waals surface area contributed by atoms with Crippen LogP contribution in [0.5, 0.6) is 17.2 Å². The fourth-order valence-corrected chi connectivity index (χ4v) is 6.11. The minimum absolute atomic E-state index is 0.0501. The Morgan fingerprint density at radius 3 is 2.18 bits per heavy atom. The fourth-order valence-electron chi connectivity index (χ4n) is 4.55. The third kappa shape index (κ3) is 8.57. The molecule has 0 fully saturated rings. The Morgan fingerprint density at radius 2 is 1.59 bits per heavy atom. The molecule has 44 heavy (non-hydrogen) atoms. The summed E-state index contributed by atoms with van der Waals surface area (Å²) in [5.41, 5.74) is 0.935. The van der Waals surface area contributed by atoms with Gasteiger partial charge in [0.25, 0.3) is 10.0 Å². The summed E-state index contributed by atoms with van der Waals surface area (Å²) in [7, 11) is 0.0675. The van der Waals surface area contributed by atoms with Gasteiger partial charge in [0.2, 0.25) is 11.8 Å². The molecule has 238 valence electrons. The van der Waals surface area contributed by atoms with Crippen molar-refractivity contribution >= 4 is 39.1 Å². The molecule has 0 aliphatic carbocycles. The summed E-state index contributed by atoms with van der Waals surface area (Å²) >= 11 is 6.11. The van der Waals surface area contributed by atoms with Gasteiger partial charge in [-0.25, -0.2) is 8.42 Å². The van der Waals surface area contributed by atoms with Gasteiger partial charge in [-0.1, -0.05) is 44.5 Å². The van der Waals surface area contributed by atoms with Gasteiger partial charge in [0.1, 0.15) is 18.3 Å². The highest BCUT2D eigenvalue weighted by atomic mass is 35.5. The van der Waals surface area contributed by atoms with Gasteiger partial charge < -0.3 is 24.4 Å². The number of ether oxygens (including phenoxy) is 3. The van der Waals surface area contributed by atoms with Crippen molar-refractivity contribution in [2.45, 2.75) is 44.7 Å². The lowest BCUT2D eigenvalue weighted by atomic mass is 10.1. The van der Waals surface area contributed by atoms with Crippen LogP contribution in [-0.4, -0.2) is 65.6 Å². The van der Waals surface area contributed by atoms with Gasteiger partial charge in [0.15, 0.2) is 11.5 Å². The minimum atomic E-state index is -4.32. The van der Waals surface area contributed by atoms with Gasteiger partial charge in [-0.15, -0.1) is 0 Å². The van der Waals surface area contributed by atoms with Gasteiger partial charge in [-0.05, 0) is 66.4 Å². The number of benzene rings is 3. The molecule has 3 rings (SSSR count). The molecule has 0 spiro atoms. The number of carbonyl (C=O) groups is 2. The first kappa shape index (κ1) is 34.5. The van der Waals surface area contributed by atoms with Crippen LogP contribution in [0.4, 0.5) is 5.69 Å². The smallest absolute Gasteiger partial charge is 0.264 e. The van der Waals surface area contributed by atoms with Gasteiger partial charge in [0, 0.05) is 24.2 Å². The van der Waals surface area contributed by atoms with E-state index in [-0.39, 0.29) is 34.7 Å². The Kier molecular flexibility index (Phi) is 12.3. The van der Waals surface area contributed by atoms with E-state index in [1.54, 1.807) is 37.4 Å². The quantitative estimate of drug-likeness (QED) is 0.243. The Morgan fingerprint density at radius 1 is 0.909 bits per heavy atom. The van der Waals surface area contributed by atoms with Crippen LogP contribution in [0.1, 0.15) is 32.8 Å². The number of methoxy groups -OCH3 is 3. The molecule has 2 amide bonds. The van der Waals surface area contributed by atoms with Crippen LogP contribution in [-0.2, 0) is 26.2 Å². The van der Waals surface area contributed by atoms with Crippen molar-refractivity contribution in [1.82, 2.24) is 10.2 Å². The average molecular weight is 646 g/mol. The summed E-state index contributed by atoms with van der Waals surface area (Å²) in [6.45, 7) is 5.65. The first-order valence-corrected chi connectivity index (χ1v) is 16.0. The van der Waals surface area contributed by atoms with E-state index in [2.05, 4.69) is 5.32 Å². The highest BCUT2D eigenvalue weighted by Crippen LogP contribution is 2.33. The van der Waals surface area contributed by atoms with Crippen LogP contribution in [0.15, 0.2) is 71.6 Å². The number of carbonyl (C=O) groups excluding carboxylic acids is 2. The molecule has 0 radical (unpaired) electrons. The lowest BCUT2D eigenvalue weighted by Crippen LogP contribution is -2.52. The van der Waals surface area contributed by atoms with E-state index < -0.39 is 28.5 Å². The number of hydrogen-bond acceptors (Lipinski definition) is 7. The van der Waals surface area contributed by atoms with E-state index in [1.807, 2.05) is 26.8 Å². The second-order valence-corrected chi connectivity index (χ2v) is 12.7. The number of nitrogens with one attached hydrogen (secondary N) is 1. The van der Waals surface area contributed by atoms with E-state index in [9.17, 15) is 18.0 Å². The summed E-state index contributed by atoms with van der Waals surface area (Å²) in [5, 5.41) is 3.32. The van der Waals surface area contributed by atoms with Crippen LogP contribution in [0, 0.1) is 5.92 Å². The summed E-state index contributed by atoms with van der Waals surface area (Å²) in [6, 6.07) is 16.6. The molecule has 0 bridgehead atoms. The summed E-state index contributed by atoms with van der Waals surface area (Å²) in [6.07, 6.45) is 0.309. The number of amides is 2. The minimum Gasteiger partial charge on any atom is -0.497 e. The SMILES string of the molecule is CC[C@@H](C(=O)NCC(C)C)N(Cc1cccc(OC)c1)C(=O)CN(c1ccc(Cl)cc1)S(=O)(=O)c1ccc(OC)c(OC)c1. The van der Waals surface area contributed by atoms with Crippen molar-refractivity contribution < 1.29 is 32.2 Å². The molecule has 0 aliphatic heterocycles. The zero-order chi connectivity index (χ0) is 32.4. The average Bonchev–Trinajstić information content (AvgIpc) is 3.02. The Balaban J connectivity index is 2.09. The molecule has 3 aromatic carbocycles. The molecule has 12 heteroatoms. The normalized spacial score (nSPS) is 11.9. The molecular weight excluding hydrogens is 606 g/mol. The molecule has 1 N–H and O–H groups in total. The Labute approximate surface area is 264 Å². The lowest BCUT2D eigenvalue weighted by Gasteiger charge is -2.33. The number of hydrogen-bond donors (Lipinski definition) is 1. The van der Waals surface area contributed by atoms with E-state index in [1.165, 1.54) is 49.5 Å². The van der Waals surface area contributed by atoms with Gasteiger partial charge in [0.05, 0.1) is 31.9 Å². The van der Waals surface area contributed by atoms with Crippen molar-refractivity contribution in [1.29, 1.82) is 0 Å². The van der Waals surface area contributed by atoms with Crippen molar-refractivity contribution in [3.63, 3.8) is 0 Å². The van der Waals surface area contributed by atoms with Crippen LogP contribution in [0.2, 0.25) is 5.02 Å². The topological polar surface area (TPSA) is 114 Å². The van der Waals surface area contributed by atoms with Crippen LogP contribution < -0.4 is 23.8 Å². The van der Waals surface area contributed by atoms with Crippen LogP contribution in [0.25, 0.3) is 0 Å². The summed E-state index contributed by atoms with van der Waals surface area (Å²) < 4.78 is 45.3. The Hall–Kier alpha value is -3.96. The molecule has 1 atom stereocenters. The first-order valence-electron chi connectivity index (χ1n) is 14.2. The van der Waals surface area contributed by atoms with E-state index in [0.29, 0.717) is 35.1 Å². The van der Waals surface area contributed by atoms with E-state index in [0.717, 1.165) is 4.31 Å². The molecule has 0 aromatic heterocycles. The molecular formula is C32H40ClN3O7S. The highest BCUT2D eigenvalue weighted by Gasteiger charge is 2.34. The molecule has 0 unspecified atom stereocenters. The zero-order valence-electron chi connectivity index (χ0n) is 25.9. The molecule has 10 nitrogen and oxygen atoms in total. The van der Waals surface area contributed by atoms with Crippen LogP contribution >= 0.6 is 11.6 Å². The summed E-state index contributed by atoms with van der Waals surface area (Å²) in [5.74, 6) is 0.459. The van der Waals surface area contributed by atoms with Gasteiger partial charge >= 0.3 is 0 Å². The van der Waals surface area contributed by atoms with Crippen molar-refractivity contribution in [2.75, 3.05) is 38.7 Å². The molecule has 3 aromatic rings. The first-order chi connectivity index (χ1) is 20.9. The standard InChI is InChI=1S/C32H40ClN3O7S/c1-7-28(32(38)34-19-22(2)3)35(20-23-9-8-10-26(17-23)41-4)31(37)21-36(25-13-11-24(33)12-14-25)44(39,40)27-15-16-29(42-5)30(18-27)43-6/h8-18,22,28H,7,19-21H2,1-6H3,(H,34,38)/t28-/m0/s1. The maximum Gasteiger partial charge on any atom is 0.264 e. The second-order valence-electron chi connectivity index (χ2n) is 10.4. The summed E-state index contributed by atoms with van der Waals surface area (Å²) in [4.78, 5) is 28.9. The molecule has 0 saturated heterocycles. The second kappa shape index (κ2) is 15.7. The maximum absolute atomic E-state index is 14.2. The Bertz CT molecular complexity index is 1530. The third-order valence-electron chi connectivity index (χ3n) is 6.89. The van der Waals surface area contributed by atoms with E-state index in [4.69, 9.17) is 25.8 Å². The number of halogens is 1. The molecule has 0 aliphatic rings. The fraction of sp³-hybridized carbons (Fsp3) is 0.375. The van der Waals surface area contributed by atoms with Crippen LogP contribution in [0.3, 0.4) is 0 Å². The third-order valence-corrected chi connectivity index (χ3v) is 8.92. The molecule has 0 saturated carbocycles. The molecule has 0 heterocycles.